The van der Waals surface area contributed by atoms with Gasteiger partial charge in [0.1, 0.15) is 7.85 Å². The number of rotatable bonds is 3. The van der Waals surface area contributed by atoms with Gasteiger partial charge in [0, 0.05) is 7.11 Å². The fourth-order valence-electron chi connectivity index (χ4n) is 3.47. The summed E-state index contributed by atoms with van der Waals surface area (Å²) in [5.74, 6) is 0. The lowest BCUT2D eigenvalue weighted by Gasteiger charge is -2.26. The molecule has 0 heterocycles. The Bertz CT molecular complexity index is 1050. The summed E-state index contributed by atoms with van der Waals surface area (Å²) in [6.07, 6.45) is 1.64. The molecule has 0 saturated carbocycles. The fourth-order valence-corrected chi connectivity index (χ4v) is 3.47. The van der Waals surface area contributed by atoms with E-state index in [0.717, 1.165) is 5.56 Å². The molecule has 0 aliphatic heterocycles. The highest BCUT2D eigenvalue weighted by Gasteiger charge is 2.22. The van der Waals surface area contributed by atoms with Crippen LogP contribution in [0.3, 0.4) is 0 Å². The van der Waals surface area contributed by atoms with Crippen molar-refractivity contribution in [2.45, 2.75) is 5.50 Å². The van der Waals surface area contributed by atoms with Crippen molar-refractivity contribution in [2.75, 3.05) is 7.11 Å². The van der Waals surface area contributed by atoms with E-state index in [9.17, 15) is 0 Å². The van der Waals surface area contributed by atoms with E-state index in [1.165, 1.54) is 32.3 Å². The molecule has 1 unspecified atom stereocenters. The molecule has 2 heteroatoms. The molecule has 0 fully saturated rings. The van der Waals surface area contributed by atoms with E-state index in [0.29, 0.717) is 0 Å². The SMILES string of the molecule is [B]C(C=C)(OC)c1ccc2c3ccccc3c3ccccc3c2c1. The van der Waals surface area contributed by atoms with E-state index >= 15 is 0 Å². The van der Waals surface area contributed by atoms with Gasteiger partial charge in [-0.1, -0.05) is 66.7 Å². The first-order chi connectivity index (χ1) is 11.7. The van der Waals surface area contributed by atoms with Crippen molar-refractivity contribution >= 4 is 40.2 Å². The third-order valence-corrected chi connectivity index (χ3v) is 4.84. The Kier molecular flexibility index (Phi) is 3.43. The maximum Gasteiger partial charge on any atom is 0.126 e. The maximum atomic E-state index is 6.33. The molecule has 4 rings (SSSR count). The summed E-state index contributed by atoms with van der Waals surface area (Å²) in [5.41, 5.74) is -0.0889. The highest BCUT2D eigenvalue weighted by molar-refractivity contribution is 6.25. The highest BCUT2D eigenvalue weighted by Crippen LogP contribution is 2.37. The number of hydrogen-bond donors (Lipinski definition) is 0. The van der Waals surface area contributed by atoms with Gasteiger partial charge < -0.3 is 4.74 Å². The molecule has 4 aromatic carbocycles. The molecular formula is C22H17BO. The molecule has 0 aliphatic carbocycles. The third-order valence-electron chi connectivity index (χ3n) is 4.84. The van der Waals surface area contributed by atoms with Crippen LogP contribution in [0.15, 0.2) is 79.4 Å². The Morgan fingerprint density at radius 1 is 0.792 bits per heavy atom. The average molecular weight is 308 g/mol. The van der Waals surface area contributed by atoms with Crippen LogP contribution < -0.4 is 0 Å². The Hall–Kier alpha value is -2.58. The minimum absolute atomic E-state index is 0.896. The first kappa shape index (κ1) is 15.0. The average Bonchev–Trinajstić information content (AvgIpc) is 2.67. The molecule has 1 nitrogen and oxygen atoms in total. The third kappa shape index (κ3) is 2.07. The largest absolute Gasteiger partial charge is 0.380 e. The normalized spacial score (nSPS) is 14.0. The second-order valence-electron chi connectivity index (χ2n) is 6.05. The Morgan fingerprint density at radius 3 is 1.71 bits per heavy atom. The first-order valence-electron chi connectivity index (χ1n) is 7.99. The van der Waals surface area contributed by atoms with Gasteiger partial charge in [0.15, 0.2) is 0 Å². The van der Waals surface area contributed by atoms with Gasteiger partial charge in [-0.25, -0.2) is 0 Å². The maximum absolute atomic E-state index is 6.33. The summed E-state index contributed by atoms with van der Waals surface area (Å²) in [7, 11) is 7.93. The van der Waals surface area contributed by atoms with Gasteiger partial charge in [0.25, 0.3) is 0 Å². The van der Waals surface area contributed by atoms with Crippen molar-refractivity contribution in [3.8, 4) is 0 Å². The molecule has 0 aliphatic rings. The second-order valence-corrected chi connectivity index (χ2v) is 6.05. The van der Waals surface area contributed by atoms with E-state index in [2.05, 4.69) is 67.2 Å². The van der Waals surface area contributed by atoms with Crippen molar-refractivity contribution in [3.05, 3.63) is 84.9 Å². The van der Waals surface area contributed by atoms with Crippen molar-refractivity contribution in [1.82, 2.24) is 0 Å². The van der Waals surface area contributed by atoms with Crippen LogP contribution in [0.4, 0.5) is 0 Å². The monoisotopic (exact) mass is 308 g/mol. The molecule has 2 radical (unpaired) electrons. The fraction of sp³-hybridized carbons (Fsp3) is 0.0909. The highest BCUT2D eigenvalue weighted by atomic mass is 16.5. The van der Waals surface area contributed by atoms with E-state index in [4.69, 9.17) is 12.6 Å². The molecular weight excluding hydrogens is 291 g/mol. The first-order valence-corrected chi connectivity index (χ1v) is 7.99. The molecule has 0 aromatic heterocycles. The molecule has 0 N–H and O–H groups in total. The lowest BCUT2D eigenvalue weighted by atomic mass is 9.74. The topological polar surface area (TPSA) is 9.23 Å². The molecule has 0 spiro atoms. The zero-order valence-electron chi connectivity index (χ0n) is 13.6. The summed E-state index contributed by atoms with van der Waals surface area (Å²) >= 11 is 0. The molecule has 24 heavy (non-hydrogen) atoms. The summed E-state index contributed by atoms with van der Waals surface area (Å²) in [6.45, 7) is 3.82. The van der Waals surface area contributed by atoms with Gasteiger partial charge in [-0.3, -0.25) is 0 Å². The molecule has 114 valence electrons. The minimum Gasteiger partial charge on any atom is -0.380 e. The van der Waals surface area contributed by atoms with Gasteiger partial charge >= 0.3 is 0 Å². The molecule has 0 amide bonds. The zero-order chi connectivity index (χ0) is 16.7. The predicted octanol–water partition coefficient (Wildman–Crippen LogP) is 5.30. The van der Waals surface area contributed by atoms with Crippen LogP contribution in [0.2, 0.25) is 0 Å². The Balaban J connectivity index is 2.20. The van der Waals surface area contributed by atoms with Crippen molar-refractivity contribution in [2.24, 2.45) is 0 Å². The number of hydrogen-bond acceptors (Lipinski definition) is 1. The van der Waals surface area contributed by atoms with Crippen molar-refractivity contribution in [1.29, 1.82) is 0 Å². The van der Waals surface area contributed by atoms with Gasteiger partial charge in [-0.2, -0.15) is 0 Å². The zero-order valence-corrected chi connectivity index (χ0v) is 13.6. The summed E-state index contributed by atoms with van der Waals surface area (Å²) in [5, 5.41) is 7.37. The molecule has 4 aromatic rings. The van der Waals surface area contributed by atoms with Crippen LogP contribution in [-0.4, -0.2) is 15.0 Å². The summed E-state index contributed by atoms with van der Waals surface area (Å²) in [6, 6.07) is 23.3. The quantitative estimate of drug-likeness (QED) is 0.283. The van der Waals surface area contributed by atoms with Crippen LogP contribution in [0.1, 0.15) is 5.56 Å². The van der Waals surface area contributed by atoms with Gasteiger partial charge in [0.05, 0.1) is 5.50 Å². The predicted molar refractivity (Wildman–Crippen MR) is 104 cm³/mol. The van der Waals surface area contributed by atoms with E-state index in [1.807, 2.05) is 6.07 Å². The van der Waals surface area contributed by atoms with E-state index in [1.54, 1.807) is 13.2 Å². The number of fused-ring (bicyclic) bond motifs is 6. The summed E-state index contributed by atoms with van der Waals surface area (Å²) in [4.78, 5) is 0. The van der Waals surface area contributed by atoms with Crippen molar-refractivity contribution < 1.29 is 4.74 Å². The van der Waals surface area contributed by atoms with Crippen molar-refractivity contribution in [3.63, 3.8) is 0 Å². The lowest BCUT2D eigenvalue weighted by molar-refractivity contribution is 0.103. The van der Waals surface area contributed by atoms with Gasteiger partial charge in [0.2, 0.25) is 0 Å². The molecule has 0 saturated heterocycles. The number of benzene rings is 4. The van der Waals surface area contributed by atoms with Crippen LogP contribution in [0, 0.1) is 0 Å². The molecule has 1 atom stereocenters. The smallest absolute Gasteiger partial charge is 0.126 e. The van der Waals surface area contributed by atoms with E-state index in [-0.39, 0.29) is 0 Å². The number of methoxy groups -OCH3 is 1. The van der Waals surface area contributed by atoms with Crippen LogP contribution in [0.25, 0.3) is 32.3 Å². The molecule has 0 bridgehead atoms. The van der Waals surface area contributed by atoms with Gasteiger partial charge in [-0.15, -0.1) is 6.58 Å². The standard InChI is InChI=1S/C22H17BO/c1-3-22(23,24-2)15-12-13-20-18-10-5-4-8-16(18)17-9-6-7-11-19(17)21(20)14-15/h3-14H,1H2,2H3. The lowest BCUT2D eigenvalue weighted by Crippen LogP contribution is -2.25. The van der Waals surface area contributed by atoms with Gasteiger partial charge in [-0.05, 0) is 43.9 Å². The Labute approximate surface area is 143 Å². The van der Waals surface area contributed by atoms with Crippen LogP contribution in [0.5, 0.6) is 0 Å². The summed E-state index contributed by atoms with van der Waals surface area (Å²) < 4.78 is 5.48. The minimum atomic E-state index is -0.985. The Morgan fingerprint density at radius 2 is 1.25 bits per heavy atom. The van der Waals surface area contributed by atoms with Crippen LogP contribution >= 0.6 is 0 Å². The number of ether oxygens (including phenoxy) is 1. The second kappa shape index (κ2) is 5.50. The van der Waals surface area contributed by atoms with E-state index < -0.39 is 5.50 Å². The van der Waals surface area contributed by atoms with Crippen LogP contribution in [-0.2, 0) is 10.2 Å².